The third-order valence-electron chi connectivity index (χ3n) is 6.24. The lowest BCUT2D eigenvalue weighted by molar-refractivity contribution is -0.288. The minimum atomic E-state index is -6.39. The van der Waals surface area contributed by atoms with Gasteiger partial charge in [-0.2, -0.15) is 21.6 Å². The summed E-state index contributed by atoms with van der Waals surface area (Å²) in [5, 5.41) is 0. The zero-order valence-electron chi connectivity index (χ0n) is 22.8. The molecule has 234 valence electrons. The van der Waals surface area contributed by atoms with Crippen LogP contribution in [0.15, 0.2) is 91.0 Å². The van der Waals surface area contributed by atoms with Crippen molar-refractivity contribution >= 4 is 28.0 Å². The number of hydrogen-bond acceptors (Lipinski definition) is 11. The lowest BCUT2D eigenvalue weighted by Crippen LogP contribution is -2.63. The van der Waals surface area contributed by atoms with Crippen molar-refractivity contribution in [1.82, 2.24) is 0 Å². The van der Waals surface area contributed by atoms with Gasteiger partial charge in [-0.1, -0.05) is 54.6 Å². The van der Waals surface area contributed by atoms with Crippen LogP contribution in [0.25, 0.3) is 0 Å². The SMILES string of the molecule is CO[C@@H]1O[C@H](COC(=O)c2ccccc2)[C@H](OC(=O)c2ccccc2)[C@H](OS(=O)(=O)C(F)(F)F)[C@H]1OC(=O)c1ccccc1. The van der Waals surface area contributed by atoms with Crippen molar-refractivity contribution < 1.29 is 63.8 Å². The van der Waals surface area contributed by atoms with E-state index in [1.54, 1.807) is 30.3 Å². The molecule has 5 atom stereocenters. The summed E-state index contributed by atoms with van der Waals surface area (Å²) in [6, 6.07) is 22.0. The Hall–Kier alpha value is -4.31. The maximum absolute atomic E-state index is 13.6. The Labute approximate surface area is 249 Å². The molecule has 0 amide bonds. The average molecular weight is 639 g/mol. The Morgan fingerprint density at radius 3 is 1.57 bits per heavy atom. The Bertz CT molecular complexity index is 1530. The molecule has 1 aliphatic heterocycles. The summed E-state index contributed by atoms with van der Waals surface area (Å²) in [5.74, 6) is -3.11. The predicted molar refractivity (Wildman–Crippen MR) is 144 cm³/mol. The molecule has 0 N–H and O–H groups in total. The van der Waals surface area contributed by atoms with Crippen LogP contribution in [0.2, 0.25) is 0 Å². The van der Waals surface area contributed by atoms with E-state index in [9.17, 15) is 36.0 Å². The molecule has 11 nitrogen and oxygen atoms in total. The van der Waals surface area contributed by atoms with Crippen LogP contribution in [0, 0.1) is 0 Å². The summed E-state index contributed by atoms with van der Waals surface area (Å²) in [5.41, 5.74) is -5.95. The van der Waals surface area contributed by atoms with Crippen molar-refractivity contribution in [2.24, 2.45) is 0 Å². The van der Waals surface area contributed by atoms with Crippen molar-refractivity contribution in [2.45, 2.75) is 36.2 Å². The van der Waals surface area contributed by atoms with E-state index >= 15 is 0 Å². The molecule has 0 saturated carbocycles. The third-order valence-corrected chi connectivity index (χ3v) is 7.28. The lowest BCUT2D eigenvalue weighted by Gasteiger charge is -2.43. The number of ether oxygens (including phenoxy) is 5. The molecule has 0 spiro atoms. The summed E-state index contributed by atoms with van der Waals surface area (Å²) in [6.45, 7) is -0.772. The van der Waals surface area contributed by atoms with Crippen LogP contribution in [-0.4, -0.2) is 76.3 Å². The zero-order valence-corrected chi connectivity index (χ0v) is 23.6. The highest BCUT2D eigenvalue weighted by Gasteiger charge is 2.57. The first kappa shape index (κ1) is 32.6. The van der Waals surface area contributed by atoms with Crippen molar-refractivity contribution in [1.29, 1.82) is 0 Å². The van der Waals surface area contributed by atoms with Gasteiger partial charge in [0.1, 0.15) is 12.7 Å². The fourth-order valence-corrected chi connectivity index (χ4v) is 4.75. The molecule has 3 aromatic carbocycles. The fourth-order valence-electron chi connectivity index (χ4n) is 4.13. The molecule has 0 aromatic heterocycles. The van der Waals surface area contributed by atoms with Gasteiger partial charge in [-0.15, -0.1) is 0 Å². The number of carbonyl (C=O) groups excluding carboxylic acids is 3. The standard InChI is InChI=1S/C29H25F3O11S/c1-38-28-24(42-27(35)20-15-9-4-10-16-20)23(43-44(36,37)29(30,31)32)22(41-26(34)19-13-7-3-8-14-19)21(40-28)17-39-25(33)18-11-5-2-6-12-18/h2-16,21-24,28H,17H2,1H3/t21-,22+,23+,24-,28-/m1/s1. The van der Waals surface area contributed by atoms with Gasteiger partial charge in [-0.25, -0.2) is 14.4 Å². The molecule has 1 fully saturated rings. The van der Waals surface area contributed by atoms with Crippen molar-refractivity contribution in [3.05, 3.63) is 108 Å². The van der Waals surface area contributed by atoms with E-state index in [1.165, 1.54) is 60.7 Å². The molecule has 0 aliphatic carbocycles. The van der Waals surface area contributed by atoms with Crippen molar-refractivity contribution in [2.75, 3.05) is 13.7 Å². The van der Waals surface area contributed by atoms with Crippen LogP contribution in [0.5, 0.6) is 0 Å². The van der Waals surface area contributed by atoms with Crippen LogP contribution in [0.4, 0.5) is 13.2 Å². The van der Waals surface area contributed by atoms with E-state index in [0.29, 0.717) is 0 Å². The minimum Gasteiger partial charge on any atom is -0.459 e. The summed E-state index contributed by atoms with van der Waals surface area (Å²) < 4.78 is 96.8. The van der Waals surface area contributed by atoms with E-state index in [0.717, 1.165) is 7.11 Å². The van der Waals surface area contributed by atoms with Gasteiger partial charge in [0, 0.05) is 7.11 Å². The number of alkyl halides is 3. The molecule has 0 unspecified atom stereocenters. The van der Waals surface area contributed by atoms with Crippen molar-refractivity contribution in [3.63, 3.8) is 0 Å². The summed E-state index contributed by atoms with van der Waals surface area (Å²) in [4.78, 5) is 38.7. The van der Waals surface area contributed by atoms with Gasteiger partial charge < -0.3 is 23.7 Å². The Morgan fingerprint density at radius 2 is 1.14 bits per heavy atom. The second-order valence-electron chi connectivity index (χ2n) is 9.18. The van der Waals surface area contributed by atoms with E-state index in [4.69, 9.17) is 23.7 Å². The molecule has 1 saturated heterocycles. The van der Waals surface area contributed by atoms with Gasteiger partial charge in [0.2, 0.25) is 0 Å². The highest BCUT2D eigenvalue weighted by molar-refractivity contribution is 7.87. The molecule has 44 heavy (non-hydrogen) atoms. The third kappa shape index (κ3) is 7.79. The number of esters is 3. The van der Waals surface area contributed by atoms with Crippen LogP contribution in [0.1, 0.15) is 31.1 Å². The topological polar surface area (TPSA) is 141 Å². The van der Waals surface area contributed by atoms with E-state index in [1.807, 2.05) is 0 Å². The Kier molecular flexibility index (Phi) is 10.4. The number of rotatable bonds is 10. The minimum absolute atomic E-state index is 0.0588. The maximum atomic E-state index is 13.6. The first-order chi connectivity index (χ1) is 20.9. The van der Waals surface area contributed by atoms with E-state index < -0.39 is 70.8 Å². The molecule has 3 aromatic rings. The fraction of sp³-hybridized carbons (Fsp3) is 0.276. The normalized spacial score (nSPS) is 22.0. The lowest BCUT2D eigenvalue weighted by atomic mass is 9.98. The monoisotopic (exact) mass is 638 g/mol. The molecule has 0 bridgehead atoms. The second-order valence-corrected chi connectivity index (χ2v) is 10.7. The number of hydrogen-bond donors (Lipinski definition) is 0. The Balaban J connectivity index is 1.74. The van der Waals surface area contributed by atoms with Crippen LogP contribution in [-0.2, 0) is 38.0 Å². The molecule has 4 rings (SSSR count). The average Bonchev–Trinajstić information content (AvgIpc) is 3.02. The smallest absolute Gasteiger partial charge is 0.459 e. The number of methoxy groups -OCH3 is 1. The van der Waals surface area contributed by atoms with Crippen molar-refractivity contribution in [3.8, 4) is 0 Å². The molecule has 0 radical (unpaired) electrons. The summed E-state index contributed by atoms with van der Waals surface area (Å²) >= 11 is 0. The van der Waals surface area contributed by atoms with Gasteiger partial charge >= 0.3 is 33.5 Å². The molecule has 15 heteroatoms. The zero-order chi connectivity index (χ0) is 31.9. The van der Waals surface area contributed by atoms with Gasteiger partial charge in [-0.05, 0) is 36.4 Å². The van der Waals surface area contributed by atoms with Gasteiger partial charge in [0.15, 0.2) is 24.6 Å². The second kappa shape index (κ2) is 14.0. The van der Waals surface area contributed by atoms with Gasteiger partial charge in [0.25, 0.3) is 0 Å². The summed E-state index contributed by atoms with van der Waals surface area (Å²) in [6.07, 6.45) is -9.92. The first-order valence-corrected chi connectivity index (χ1v) is 14.2. The van der Waals surface area contributed by atoms with E-state index in [-0.39, 0.29) is 16.7 Å². The molecule has 1 aliphatic rings. The number of carbonyl (C=O) groups is 3. The number of benzene rings is 3. The number of halogens is 3. The van der Waals surface area contributed by atoms with Crippen LogP contribution >= 0.6 is 0 Å². The molecular weight excluding hydrogens is 613 g/mol. The first-order valence-electron chi connectivity index (χ1n) is 12.8. The quantitative estimate of drug-likeness (QED) is 0.138. The van der Waals surface area contributed by atoms with Crippen LogP contribution in [0.3, 0.4) is 0 Å². The largest absolute Gasteiger partial charge is 0.523 e. The highest BCUT2D eigenvalue weighted by Crippen LogP contribution is 2.35. The highest BCUT2D eigenvalue weighted by atomic mass is 32.2. The van der Waals surface area contributed by atoms with E-state index in [2.05, 4.69) is 4.18 Å². The Morgan fingerprint density at radius 1 is 0.705 bits per heavy atom. The van der Waals surface area contributed by atoms with Gasteiger partial charge in [-0.3, -0.25) is 4.18 Å². The van der Waals surface area contributed by atoms with Gasteiger partial charge in [0.05, 0.1) is 16.7 Å². The van der Waals surface area contributed by atoms with Crippen LogP contribution < -0.4 is 0 Å². The summed E-state index contributed by atoms with van der Waals surface area (Å²) in [7, 11) is -5.36. The molecular formula is C29H25F3O11S. The molecule has 1 heterocycles. The predicted octanol–water partition coefficient (Wildman–Crippen LogP) is 3.90. The maximum Gasteiger partial charge on any atom is 0.523 e.